The van der Waals surface area contributed by atoms with Crippen molar-refractivity contribution < 1.29 is 55.1 Å². The Balaban J connectivity index is 1.50. The third-order valence-electron chi connectivity index (χ3n) is 4.41. The lowest BCUT2D eigenvalue weighted by atomic mass is 9.94. The van der Waals surface area contributed by atoms with Gasteiger partial charge in [-0.2, -0.15) is 21.5 Å². The van der Waals surface area contributed by atoms with Crippen LogP contribution in [0.2, 0.25) is 0 Å². The highest BCUT2D eigenvalue weighted by Gasteiger charge is 2.65. The fourth-order valence-electron chi connectivity index (χ4n) is 3.53. The Hall–Kier alpha value is -1.06. The Kier molecular flexibility index (Phi) is 4.93. The zero-order valence-corrected chi connectivity index (χ0v) is 13.8. The Morgan fingerprint density at radius 1 is 1.32 bits per heavy atom. The Morgan fingerprint density at radius 2 is 2.04 bits per heavy atom. The molecule has 142 valence electrons. The van der Waals surface area contributed by atoms with Crippen LogP contribution in [-0.4, -0.2) is 49.7 Å². The highest BCUT2D eigenvalue weighted by molar-refractivity contribution is 7.96. The zero-order valence-electron chi connectivity index (χ0n) is 12.2. The molecular weight excluding hydrogens is 394 g/mol. The van der Waals surface area contributed by atoms with E-state index in [-0.39, 0.29) is 11.8 Å². The van der Waals surface area contributed by atoms with Gasteiger partial charge in [0, 0.05) is 11.8 Å². The van der Waals surface area contributed by atoms with Crippen LogP contribution in [0, 0.1) is 11.8 Å². The molecule has 1 saturated heterocycles. The lowest BCUT2D eigenvalue weighted by Crippen LogP contribution is -2.38. The van der Waals surface area contributed by atoms with Crippen LogP contribution in [0.15, 0.2) is 0 Å². The second-order valence-corrected chi connectivity index (χ2v) is 8.35. The molecule has 0 aromatic heterocycles. The molecule has 5 unspecified atom stereocenters. The van der Waals surface area contributed by atoms with Crippen LogP contribution in [0.25, 0.3) is 0 Å². The van der Waals surface area contributed by atoms with E-state index in [1.807, 2.05) is 0 Å². The molecule has 1 heterocycles. The Labute approximate surface area is 143 Å². The monoisotopic (exact) mass is 405 g/mol. The van der Waals surface area contributed by atoms with E-state index < -0.39 is 63.4 Å². The molecule has 2 aliphatic carbocycles. The SMILES string of the molecule is O=C(COC(=O)C(F)(F)SOO[O-])OC1C2CC3C1OS(=O)(=O)C3C2. The van der Waals surface area contributed by atoms with Crippen LogP contribution in [0.1, 0.15) is 12.8 Å². The number of carbonyl (C=O) groups excluding carboxylic acids is 2. The number of esters is 2. The van der Waals surface area contributed by atoms with Crippen molar-refractivity contribution in [2.24, 2.45) is 11.8 Å². The maximum absolute atomic E-state index is 13.1. The standard InChI is InChI=1S/C11H12F2O10S2/c12-11(13,24-23-22-16)10(15)19-3-7(14)20-8-4-1-5-6(2-4)25(17,18)21-9(5)8/h4-6,8-9,16H,1-3H2/p-1. The van der Waals surface area contributed by atoms with Gasteiger partial charge in [-0.25, -0.2) is 9.59 Å². The number of carbonyl (C=O) groups is 2. The van der Waals surface area contributed by atoms with Crippen molar-refractivity contribution >= 4 is 34.1 Å². The number of fused-ring (bicyclic) bond motifs is 1. The minimum atomic E-state index is -4.27. The highest BCUT2D eigenvalue weighted by atomic mass is 32.2. The first-order valence-corrected chi connectivity index (χ1v) is 9.18. The summed E-state index contributed by atoms with van der Waals surface area (Å²) in [6, 6.07) is 0. The summed E-state index contributed by atoms with van der Waals surface area (Å²) < 4.78 is 67.2. The summed E-state index contributed by atoms with van der Waals surface area (Å²) in [5, 5.41) is 7.28. The Bertz CT molecular complexity index is 668. The average Bonchev–Trinajstić information content (AvgIpc) is 3.15. The summed E-state index contributed by atoms with van der Waals surface area (Å²) in [6.45, 7) is -1.12. The molecule has 2 saturated carbocycles. The van der Waals surface area contributed by atoms with E-state index in [2.05, 4.69) is 14.1 Å². The second-order valence-electron chi connectivity index (χ2n) is 5.75. The minimum absolute atomic E-state index is 0.212. The van der Waals surface area contributed by atoms with Crippen molar-refractivity contribution in [1.29, 1.82) is 0 Å². The van der Waals surface area contributed by atoms with Crippen molar-refractivity contribution in [3.8, 4) is 0 Å². The first kappa shape index (κ1) is 18.7. The van der Waals surface area contributed by atoms with Crippen LogP contribution in [0.3, 0.4) is 0 Å². The molecule has 2 bridgehead atoms. The Morgan fingerprint density at radius 3 is 2.72 bits per heavy atom. The van der Waals surface area contributed by atoms with Crippen molar-refractivity contribution in [2.75, 3.05) is 6.61 Å². The maximum atomic E-state index is 13.1. The molecule has 3 rings (SSSR count). The second kappa shape index (κ2) is 6.59. The fraction of sp³-hybridized carbons (Fsp3) is 0.818. The van der Waals surface area contributed by atoms with Crippen LogP contribution >= 0.6 is 12.0 Å². The van der Waals surface area contributed by atoms with Gasteiger partial charge < -0.3 is 14.7 Å². The number of ether oxygens (including phenoxy) is 2. The van der Waals surface area contributed by atoms with Gasteiger partial charge in [-0.1, -0.05) is 0 Å². The summed E-state index contributed by atoms with van der Waals surface area (Å²) in [4.78, 5) is 22.8. The summed E-state index contributed by atoms with van der Waals surface area (Å²) in [7, 11) is -3.68. The third-order valence-corrected chi connectivity index (χ3v) is 6.68. The largest absolute Gasteiger partial charge is 0.691 e. The summed E-state index contributed by atoms with van der Waals surface area (Å²) >= 11 is -0.891. The van der Waals surface area contributed by atoms with Crippen molar-refractivity contribution in [3.63, 3.8) is 0 Å². The fourth-order valence-corrected chi connectivity index (χ4v) is 5.65. The van der Waals surface area contributed by atoms with Gasteiger partial charge in [0.25, 0.3) is 10.1 Å². The van der Waals surface area contributed by atoms with Gasteiger partial charge in [-0.3, -0.25) is 9.22 Å². The van der Waals surface area contributed by atoms with Crippen molar-refractivity contribution in [2.45, 2.75) is 35.6 Å². The molecule has 14 heteroatoms. The van der Waals surface area contributed by atoms with Crippen LogP contribution < -0.4 is 5.26 Å². The van der Waals surface area contributed by atoms with Gasteiger partial charge in [0.2, 0.25) is 0 Å². The molecule has 0 spiro atoms. The molecule has 3 aliphatic rings. The number of hydrogen-bond donors (Lipinski definition) is 0. The first-order chi connectivity index (χ1) is 11.7. The van der Waals surface area contributed by atoms with E-state index in [0.717, 1.165) is 0 Å². The molecule has 25 heavy (non-hydrogen) atoms. The maximum Gasteiger partial charge on any atom is 0.415 e. The minimum Gasteiger partial charge on any atom is -0.691 e. The first-order valence-electron chi connectivity index (χ1n) is 6.96. The lowest BCUT2D eigenvalue weighted by molar-refractivity contribution is -0.777. The topological polar surface area (TPSA) is 137 Å². The quantitative estimate of drug-likeness (QED) is 0.170. The normalized spacial score (nSPS) is 34.9. The van der Waals surface area contributed by atoms with Gasteiger partial charge in [0.15, 0.2) is 6.61 Å². The van der Waals surface area contributed by atoms with E-state index in [1.54, 1.807) is 0 Å². The summed E-state index contributed by atoms with van der Waals surface area (Å²) in [6.07, 6.45) is -0.819. The molecule has 5 atom stereocenters. The van der Waals surface area contributed by atoms with Gasteiger partial charge in [-0.15, -0.1) is 0 Å². The van der Waals surface area contributed by atoms with E-state index in [0.29, 0.717) is 12.8 Å². The molecule has 10 nitrogen and oxygen atoms in total. The van der Waals surface area contributed by atoms with Crippen LogP contribution in [0.5, 0.6) is 0 Å². The van der Waals surface area contributed by atoms with Gasteiger partial charge in [0.05, 0.1) is 5.25 Å². The van der Waals surface area contributed by atoms with Gasteiger partial charge in [0.1, 0.15) is 24.3 Å². The predicted molar refractivity (Wildman–Crippen MR) is 69.3 cm³/mol. The van der Waals surface area contributed by atoms with E-state index >= 15 is 0 Å². The number of hydrogen-bond acceptors (Lipinski definition) is 11. The molecule has 0 radical (unpaired) electrons. The van der Waals surface area contributed by atoms with Crippen molar-refractivity contribution in [3.05, 3.63) is 0 Å². The van der Waals surface area contributed by atoms with E-state index in [9.17, 15) is 32.0 Å². The van der Waals surface area contributed by atoms with E-state index in [1.165, 1.54) is 0 Å². The van der Waals surface area contributed by atoms with Gasteiger partial charge in [-0.05, 0) is 12.8 Å². The molecular formula is C11H11F2O10S2-. The molecule has 0 aromatic rings. The molecule has 0 aromatic carbocycles. The number of alkyl halides is 2. The average molecular weight is 405 g/mol. The third kappa shape index (κ3) is 3.46. The summed E-state index contributed by atoms with van der Waals surface area (Å²) in [5.41, 5.74) is 0. The smallest absolute Gasteiger partial charge is 0.415 e. The zero-order chi connectivity index (χ0) is 18.4. The molecule has 0 amide bonds. The van der Waals surface area contributed by atoms with E-state index in [4.69, 9.17) is 8.92 Å². The molecule has 1 aliphatic heterocycles. The summed E-state index contributed by atoms with van der Waals surface area (Å²) in [5.74, 6) is -3.74. The lowest BCUT2D eigenvalue weighted by Gasteiger charge is -2.24. The van der Waals surface area contributed by atoms with Crippen LogP contribution in [0.4, 0.5) is 8.78 Å². The van der Waals surface area contributed by atoms with Gasteiger partial charge >= 0.3 is 17.2 Å². The molecule has 3 fully saturated rings. The number of halogens is 2. The highest BCUT2D eigenvalue weighted by Crippen LogP contribution is 2.55. The number of rotatable bonds is 7. The van der Waals surface area contributed by atoms with Crippen molar-refractivity contribution in [1.82, 2.24) is 0 Å². The van der Waals surface area contributed by atoms with Crippen LogP contribution in [-0.2, 0) is 42.7 Å². The predicted octanol–water partition coefficient (Wildman–Crippen LogP) is -0.957. The molecule has 0 N–H and O–H groups in total.